The first-order valence-electron chi connectivity index (χ1n) is 6.39. The predicted molar refractivity (Wildman–Crippen MR) is 88.8 cm³/mol. The number of nitrogens with one attached hydrogen (secondary N) is 2. The molecule has 0 radical (unpaired) electrons. The molecule has 108 valence electrons. The van der Waals surface area contributed by atoms with Gasteiger partial charge in [0.15, 0.2) is 0 Å². The fourth-order valence-corrected chi connectivity index (χ4v) is 3.21. The zero-order valence-electron chi connectivity index (χ0n) is 11.2. The second-order valence-corrected chi connectivity index (χ2v) is 6.19. The van der Waals surface area contributed by atoms with E-state index in [0.29, 0.717) is 5.02 Å². The molecule has 0 saturated carbocycles. The van der Waals surface area contributed by atoms with Gasteiger partial charge in [-0.25, -0.2) is 4.79 Å². The molecule has 2 aromatic carbocycles. The maximum Gasteiger partial charge on any atom is 0.323 e. The minimum Gasteiger partial charge on any atom is -0.320 e. The maximum atomic E-state index is 11.4. The van der Waals surface area contributed by atoms with Crippen LogP contribution >= 0.6 is 27.5 Å². The van der Waals surface area contributed by atoms with Crippen LogP contribution in [0, 0.1) is 6.92 Å². The molecule has 0 fully saturated rings. The van der Waals surface area contributed by atoms with Gasteiger partial charge >= 0.3 is 5.69 Å². The second kappa shape index (κ2) is 5.33. The lowest BCUT2D eigenvalue weighted by Gasteiger charge is -2.17. The van der Waals surface area contributed by atoms with Crippen LogP contribution < -0.4 is 11.4 Å². The van der Waals surface area contributed by atoms with Crippen molar-refractivity contribution >= 4 is 38.6 Å². The molecule has 0 bridgehead atoms. The van der Waals surface area contributed by atoms with Crippen molar-refractivity contribution in [2.45, 2.75) is 13.0 Å². The van der Waals surface area contributed by atoms with E-state index >= 15 is 0 Å². The molecule has 4 N–H and O–H groups in total. The Balaban J connectivity index is 2.16. The highest BCUT2D eigenvalue weighted by molar-refractivity contribution is 9.10. The summed E-state index contributed by atoms with van der Waals surface area (Å²) in [4.78, 5) is 16.8. The van der Waals surface area contributed by atoms with Gasteiger partial charge in [-0.1, -0.05) is 39.7 Å². The number of hydrogen-bond acceptors (Lipinski definition) is 2. The van der Waals surface area contributed by atoms with Crippen molar-refractivity contribution in [2.75, 3.05) is 0 Å². The lowest BCUT2D eigenvalue weighted by molar-refractivity contribution is 0.858. The minimum atomic E-state index is -0.333. The summed E-state index contributed by atoms with van der Waals surface area (Å²) in [6.07, 6.45) is 0. The van der Waals surface area contributed by atoms with Gasteiger partial charge in [0, 0.05) is 9.50 Å². The van der Waals surface area contributed by atoms with Crippen molar-refractivity contribution in [3.05, 3.63) is 67.0 Å². The van der Waals surface area contributed by atoms with E-state index in [-0.39, 0.29) is 11.7 Å². The lowest BCUT2D eigenvalue weighted by Crippen LogP contribution is -2.14. The number of hydrogen-bond donors (Lipinski definition) is 3. The molecule has 0 aliphatic carbocycles. The second-order valence-electron chi connectivity index (χ2n) is 4.93. The van der Waals surface area contributed by atoms with Crippen molar-refractivity contribution in [3.63, 3.8) is 0 Å². The van der Waals surface area contributed by atoms with Crippen molar-refractivity contribution in [2.24, 2.45) is 5.73 Å². The van der Waals surface area contributed by atoms with Crippen LogP contribution in [0.25, 0.3) is 11.0 Å². The zero-order valence-corrected chi connectivity index (χ0v) is 13.5. The number of fused-ring (bicyclic) bond motifs is 1. The third kappa shape index (κ3) is 2.52. The minimum absolute atomic E-state index is 0.235. The van der Waals surface area contributed by atoms with Crippen molar-refractivity contribution in [1.29, 1.82) is 0 Å². The molecule has 1 atom stereocenters. The lowest BCUT2D eigenvalue weighted by atomic mass is 9.95. The van der Waals surface area contributed by atoms with E-state index in [0.717, 1.165) is 32.2 Å². The Labute approximate surface area is 134 Å². The van der Waals surface area contributed by atoms with Crippen LogP contribution in [0.5, 0.6) is 0 Å². The van der Waals surface area contributed by atoms with Gasteiger partial charge in [-0.2, -0.15) is 0 Å². The Hall–Kier alpha value is -1.56. The van der Waals surface area contributed by atoms with Gasteiger partial charge in [0.05, 0.1) is 17.1 Å². The van der Waals surface area contributed by atoms with E-state index in [1.807, 2.05) is 37.3 Å². The summed E-state index contributed by atoms with van der Waals surface area (Å²) in [6, 6.07) is 9.08. The molecule has 1 unspecified atom stereocenters. The van der Waals surface area contributed by atoms with E-state index in [4.69, 9.17) is 17.3 Å². The van der Waals surface area contributed by atoms with Crippen LogP contribution in [0.1, 0.15) is 22.7 Å². The number of benzene rings is 2. The van der Waals surface area contributed by atoms with Crippen LogP contribution in [-0.2, 0) is 0 Å². The largest absolute Gasteiger partial charge is 0.323 e. The fraction of sp³-hybridized carbons (Fsp3) is 0.133. The van der Waals surface area contributed by atoms with E-state index < -0.39 is 0 Å². The molecule has 4 nitrogen and oxygen atoms in total. The maximum absolute atomic E-state index is 11.4. The molecule has 21 heavy (non-hydrogen) atoms. The third-order valence-corrected chi connectivity index (χ3v) is 4.71. The standard InChI is InChI=1S/C15H13BrClN3O/c1-7-8(3-2-4-11(7)17)14(18)9-5-12-13(6-10(9)16)20-15(21)19-12/h2-6,14H,18H2,1H3,(H2,19,20,21). The van der Waals surface area contributed by atoms with Gasteiger partial charge < -0.3 is 15.7 Å². The Morgan fingerprint density at radius 2 is 1.86 bits per heavy atom. The van der Waals surface area contributed by atoms with Crippen LogP contribution in [0.15, 0.2) is 39.6 Å². The summed E-state index contributed by atoms with van der Waals surface area (Å²) in [7, 11) is 0. The van der Waals surface area contributed by atoms with Gasteiger partial charge in [-0.05, 0) is 41.8 Å². The number of aromatic nitrogens is 2. The topological polar surface area (TPSA) is 74.7 Å². The smallest absolute Gasteiger partial charge is 0.320 e. The van der Waals surface area contributed by atoms with Gasteiger partial charge in [-0.3, -0.25) is 0 Å². The first-order chi connectivity index (χ1) is 9.97. The summed E-state index contributed by atoms with van der Waals surface area (Å²) in [5.74, 6) is 0. The Kier molecular flexibility index (Phi) is 3.65. The molecule has 3 aromatic rings. The monoisotopic (exact) mass is 365 g/mol. The van der Waals surface area contributed by atoms with Gasteiger partial charge in [0.1, 0.15) is 0 Å². The number of aromatic amines is 2. The van der Waals surface area contributed by atoms with E-state index in [1.165, 1.54) is 0 Å². The number of imidazole rings is 1. The molecule has 1 heterocycles. The van der Waals surface area contributed by atoms with Gasteiger partial charge in [-0.15, -0.1) is 0 Å². The molecule has 0 aliphatic rings. The first-order valence-corrected chi connectivity index (χ1v) is 7.56. The molecule has 0 spiro atoms. The van der Waals surface area contributed by atoms with E-state index in [9.17, 15) is 4.79 Å². The van der Waals surface area contributed by atoms with E-state index in [2.05, 4.69) is 25.9 Å². The number of nitrogens with two attached hydrogens (primary N) is 1. The zero-order chi connectivity index (χ0) is 15.1. The molecule has 0 amide bonds. The predicted octanol–water partition coefficient (Wildman–Crippen LogP) is 3.63. The number of H-pyrrole nitrogens is 2. The summed E-state index contributed by atoms with van der Waals surface area (Å²) in [5, 5.41) is 0.690. The molecule has 1 aromatic heterocycles. The molecular weight excluding hydrogens is 354 g/mol. The van der Waals surface area contributed by atoms with Crippen molar-refractivity contribution < 1.29 is 0 Å². The van der Waals surface area contributed by atoms with Crippen LogP contribution in [-0.4, -0.2) is 9.97 Å². The van der Waals surface area contributed by atoms with Crippen LogP contribution in [0.2, 0.25) is 5.02 Å². The van der Waals surface area contributed by atoms with Gasteiger partial charge in [0.2, 0.25) is 0 Å². The highest BCUT2D eigenvalue weighted by atomic mass is 79.9. The molecule has 3 rings (SSSR count). The molecule has 0 saturated heterocycles. The summed E-state index contributed by atoms with van der Waals surface area (Å²) in [6.45, 7) is 1.95. The summed E-state index contributed by atoms with van der Waals surface area (Å²) >= 11 is 9.68. The SMILES string of the molecule is Cc1c(Cl)cccc1C(N)c1cc2[nH]c(=O)[nH]c2cc1Br. The molecule has 0 aliphatic heterocycles. The number of halogens is 2. The normalized spacial score (nSPS) is 12.8. The third-order valence-electron chi connectivity index (χ3n) is 3.61. The Morgan fingerprint density at radius 3 is 2.57 bits per heavy atom. The van der Waals surface area contributed by atoms with E-state index in [1.54, 1.807) is 0 Å². The Morgan fingerprint density at radius 1 is 1.19 bits per heavy atom. The highest BCUT2D eigenvalue weighted by Crippen LogP contribution is 2.32. The van der Waals surface area contributed by atoms with Gasteiger partial charge in [0.25, 0.3) is 0 Å². The first kappa shape index (κ1) is 14.4. The number of rotatable bonds is 2. The van der Waals surface area contributed by atoms with Crippen molar-refractivity contribution in [1.82, 2.24) is 9.97 Å². The molecule has 6 heteroatoms. The van der Waals surface area contributed by atoms with Crippen molar-refractivity contribution in [3.8, 4) is 0 Å². The van der Waals surface area contributed by atoms with Crippen LogP contribution in [0.4, 0.5) is 0 Å². The highest BCUT2D eigenvalue weighted by Gasteiger charge is 2.17. The fourth-order valence-electron chi connectivity index (χ4n) is 2.44. The quantitative estimate of drug-likeness (QED) is 0.648. The molecular formula is C15H13BrClN3O. The average Bonchev–Trinajstić information content (AvgIpc) is 2.79. The average molecular weight is 367 g/mol. The van der Waals surface area contributed by atoms with Crippen LogP contribution in [0.3, 0.4) is 0 Å². The summed E-state index contributed by atoms with van der Waals surface area (Å²) < 4.78 is 0.845. The summed E-state index contributed by atoms with van der Waals surface area (Å²) in [5.41, 5.74) is 10.4. The Bertz CT molecular complexity index is 884.